The Morgan fingerprint density at radius 2 is 2.10 bits per heavy atom. The SMILES string of the molecule is COc1ccc(CC2=C(C(=O)O)N3C(=O)[C@H](Br)[C@H]3S2)cc1. The molecular formula is C14H12BrNO4S. The van der Waals surface area contributed by atoms with Crippen LogP contribution in [-0.4, -0.2) is 39.2 Å². The molecule has 0 saturated carbocycles. The number of methoxy groups -OCH3 is 1. The number of amides is 1. The molecule has 0 aromatic heterocycles. The fourth-order valence-electron chi connectivity index (χ4n) is 2.39. The number of benzene rings is 1. The molecule has 2 aliphatic rings. The summed E-state index contributed by atoms with van der Waals surface area (Å²) in [6.45, 7) is 0. The summed E-state index contributed by atoms with van der Waals surface area (Å²) >= 11 is 4.73. The van der Waals surface area contributed by atoms with Crippen molar-refractivity contribution in [1.29, 1.82) is 0 Å². The van der Waals surface area contributed by atoms with E-state index in [0.29, 0.717) is 11.3 Å². The molecule has 0 spiro atoms. The number of halogens is 1. The highest BCUT2D eigenvalue weighted by Gasteiger charge is 2.54. The van der Waals surface area contributed by atoms with E-state index in [9.17, 15) is 14.7 Å². The maximum absolute atomic E-state index is 11.8. The number of aliphatic carboxylic acids is 1. The van der Waals surface area contributed by atoms with Gasteiger partial charge in [-0.3, -0.25) is 9.69 Å². The van der Waals surface area contributed by atoms with Crippen LogP contribution in [0.15, 0.2) is 34.9 Å². The Morgan fingerprint density at radius 3 is 2.67 bits per heavy atom. The maximum Gasteiger partial charge on any atom is 0.353 e. The van der Waals surface area contributed by atoms with Crippen LogP contribution in [0.25, 0.3) is 0 Å². The summed E-state index contributed by atoms with van der Waals surface area (Å²) < 4.78 is 5.10. The van der Waals surface area contributed by atoms with Crippen LogP contribution in [0.5, 0.6) is 5.75 Å². The van der Waals surface area contributed by atoms with Crippen LogP contribution in [0.1, 0.15) is 5.56 Å². The predicted molar refractivity (Wildman–Crippen MR) is 82.3 cm³/mol. The minimum Gasteiger partial charge on any atom is -0.497 e. The van der Waals surface area contributed by atoms with Crippen LogP contribution in [0.4, 0.5) is 0 Å². The van der Waals surface area contributed by atoms with Gasteiger partial charge in [-0.05, 0) is 17.7 Å². The first kappa shape index (κ1) is 14.5. The van der Waals surface area contributed by atoms with E-state index in [0.717, 1.165) is 11.3 Å². The quantitative estimate of drug-likeness (QED) is 0.650. The molecule has 7 heteroatoms. The van der Waals surface area contributed by atoms with E-state index in [2.05, 4.69) is 15.9 Å². The second kappa shape index (κ2) is 5.38. The summed E-state index contributed by atoms with van der Waals surface area (Å²) in [5.41, 5.74) is 1.10. The number of carbonyl (C=O) groups excluding carboxylic acids is 1. The molecule has 0 radical (unpaired) electrons. The number of carboxylic acid groups (broad SMARTS) is 1. The summed E-state index contributed by atoms with van der Waals surface area (Å²) in [4.78, 5) is 25.0. The third-order valence-corrected chi connectivity index (χ3v) is 6.06. The molecule has 1 N–H and O–H groups in total. The third-order valence-electron chi connectivity index (χ3n) is 3.47. The molecule has 1 fully saturated rings. The lowest BCUT2D eigenvalue weighted by Gasteiger charge is -2.38. The highest BCUT2D eigenvalue weighted by molar-refractivity contribution is 9.10. The molecule has 2 aliphatic heterocycles. The predicted octanol–water partition coefficient (Wildman–Crippen LogP) is 2.21. The molecule has 1 aromatic rings. The van der Waals surface area contributed by atoms with Crippen LogP contribution in [-0.2, 0) is 16.0 Å². The topological polar surface area (TPSA) is 66.8 Å². The number of nitrogens with zero attached hydrogens (tertiary/aromatic N) is 1. The number of rotatable bonds is 4. The Labute approximate surface area is 134 Å². The fraction of sp³-hybridized carbons (Fsp3) is 0.286. The summed E-state index contributed by atoms with van der Waals surface area (Å²) in [5.74, 6) is -0.485. The number of carbonyl (C=O) groups is 2. The number of ether oxygens (including phenoxy) is 1. The Bertz CT molecular complexity index is 643. The summed E-state index contributed by atoms with van der Waals surface area (Å²) in [5, 5.41) is 9.23. The average Bonchev–Trinajstić information content (AvgIpc) is 2.83. The van der Waals surface area contributed by atoms with Crippen molar-refractivity contribution >= 4 is 39.6 Å². The molecule has 1 saturated heterocycles. The van der Waals surface area contributed by atoms with E-state index in [1.54, 1.807) is 7.11 Å². The van der Waals surface area contributed by atoms with Crippen molar-refractivity contribution in [2.45, 2.75) is 16.6 Å². The van der Waals surface area contributed by atoms with E-state index >= 15 is 0 Å². The summed E-state index contributed by atoms with van der Waals surface area (Å²) in [6, 6.07) is 7.47. The van der Waals surface area contributed by atoms with Gasteiger partial charge in [0.25, 0.3) is 0 Å². The zero-order valence-corrected chi connectivity index (χ0v) is 13.5. The molecule has 3 rings (SSSR count). The van der Waals surface area contributed by atoms with Gasteiger partial charge in [0, 0.05) is 11.3 Å². The van der Waals surface area contributed by atoms with Crippen molar-refractivity contribution in [3.05, 3.63) is 40.4 Å². The van der Waals surface area contributed by atoms with Gasteiger partial charge in [-0.1, -0.05) is 28.1 Å². The van der Waals surface area contributed by atoms with Crippen molar-refractivity contribution in [2.75, 3.05) is 7.11 Å². The van der Waals surface area contributed by atoms with Crippen LogP contribution >= 0.6 is 27.7 Å². The molecule has 1 amide bonds. The van der Waals surface area contributed by atoms with Gasteiger partial charge in [0.15, 0.2) is 0 Å². The van der Waals surface area contributed by atoms with E-state index in [-0.39, 0.29) is 21.8 Å². The Morgan fingerprint density at radius 1 is 1.43 bits per heavy atom. The number of thioether (sulfide) groups is 1. The molecule has 0 bridgehead atoms. The lowest BCUT2D eigenvalue weighted by molar-refractivity contribution is -0.144. The smallest absolute Gasteiger partial charge is 0.353 e. The molecule has 0 unspecified atom stereocenters. The number of carboxylic acids is 1. The van der Waals surface area contributed by atoms with Crippen molar-refractivity contribution in [3.8, 4) is 5.75 Å². The second-order valence-corrected chi connectivity index (χ2v) is 6.92. The van der Waals surface area contributed by atoms with Gasteiger partial charge in [-0.15, -0.1) is 11.8 Å². The lowest BCUT2D eigenvalue weighted by atomic mass is 10.1. The highest BCUT2D eigenvalue weighted by atomic mass is 79.9. The van der Waals surface area contributed by atoms with Crippen LogP contribution in [0.2, 0.25) is 0 Å². The molecule has 5 nitrogen and oxygen atoms in total. The normalized spacial score (nSPS) is 23.9. The Balaban J connectivity index is 1.86. The number of allylic oxidation sites excluding steroid dienone is 1. The first-order valence-electron chi connectivity index (χ1n) is 6.26. The zero-order valence-electron chi connectivity index (χ0n) is 11.1. The zero-order chi connectivity index (χ0) is 15.1. The maximum atomic E-state index is 11.8. The molecule has 1 aromatic carbocycles. The molecular weight excluding hydrogens is 358 g/mol. The Kier molecular flexibility index (Phi) is 3.71. The van der Waals surface area contributed by atoms with Crippen molar-refractivity contribution in [3.63, 3.8) is 0 Å². The molecule has 21 heavy (non-hydrogen) atoms. The number of hydrogen-bond acceptors (Lipinski definition) is 4. The molecule has 2 atom stereocenters. The second-order valence-electron chi connectivity index (χ2n) is 4.72. The van der Waals surface area contributed by atoms with Crippen molar-refractivity contribution < 1.29 is 19.4 Å². The van der Waals surface area contributed by atoms with Crippen LogP contribution in [0, 0.1) is 0 Å². The van der Waals surface area contributed by atoms with Crippen molar-refractivity contribution in [1.82, 2.24) is 4.90 Å². The summed E-state index contributed by atoms with van der Waals surface area (Å²) in [6.07, 6.45) is 0.496. The van der Waals surface area contributed by atoms with Crippen molar-refractivity contribution in [2.24, 2.45) is 0 Å². The minimum absolute atomic E-state index is 0.113. The Hall–Kier alpha value is -1.47. The van der Waals surface area contributed by atoms with Gasteiger partial charge in [0.05, 0.1) is 7.11 Å². The minimum atomic E-state index is -1.05. The number of hydrogen-bond donors (Lipinski definition) is 1. The van der Waals surface area contributed by atoms with Gasteiger partial charge < -0.3 is 9.84 Å². The first-order chi connectivity index (χ1) is 10.0. The van der Waals surface area contributed by atoms with Crippen LogP contribution in [0.3, 0.4) is 0 Å². The van der Waals surface area contributed by atoms with E-state index in [1.165, 1.54) is 16.7 Å². The largest absolute Gasteiger partial charge is 0.497 e. The molecule has 110 valence electrons. The number of fused-ring (bicyclic) bond motifs is 1. The van der Waals surface area contributed by atoms with Gasteiger partial charge in [-0.2, -0.15) is 0 Å². The van der Waals surface area contributed by atoms with Gasteiger partial charge in [0.1, 0.15) is 21.6 Å². The highest BCUT2D eigenvalue weighted by Crippen LogP contribution is 2.49. The molecule has 2 heterocycles. The molecule has 0 aliphatic carbocycles. The number of alkyl halides is 1. The summed E-state index contributed by atoms with van der Waals surface area (Å²) in [7, 11) is 1.60. The first-order valence-corrected chi connectivity index (χ1v) is 8.05. The van der Waals surface area contributed by atoms with Gasteiger partial charge in [-0.25, -0.2) is 4.79 Å². The van der Waals surface area contributed by atoms with E-state index in [4.69, 9.17) is 4.74 Å². The third kappa shape index (κ3) is 2.34. The van der Waals surface area contributed by atoms with E-state index < -0.39 is 5.97 Å². The van der Waals surface area contributed by atoms with E-state index in [1.807, 2.05) is 24.3 Å². The lowest BCUT2D eigenvalue weighted by Crippen LogP contribution is -2.58. The van der Waals surface area contributed by atoms with Crippen LogP contribution < -0.4 is 4.74 Å². The standard InChI is InChI=1S/C14H12BrNO4S/c1-20-8-4-2-7(3-5-8)6-9-11(14(18)19)16-12(17)10(15)13(16)21-9/h2-5,10,13H,6H2,1H3,(H,18,19)/t10-,13+/m0/s1. The average molecular weight is 370 g/mol. The monoisotopic (exact) mass is 369 g/mol. The van der Waals surface area contributed by atoms with Gasteiger partial charge in [0.2, 0.25) is 5.91 Å². The van der Waals surface area contributed by atoms with Gasteiger partial charge >= 0.3 is 5.97 Å². The fourth-order valence-corrected chi connectivity index (χ4v) is 4.56. The number of β-lactam (4-membered cyclic amide) rings is 1.